The molecule has 0 bridgehead atoms. The summed E-state index contributed by atoms with van der Waals surface area (Å²) in [4.78, 5) is 4.24. The fraction of sp³-hybridized carbons (Fsp3) is 0.0556. The molecule has 0 aliphatic heterocycles. The van der Waals surface area contributed by atoms with Crippen molar-refractivity contribution < 1.29 is 13.5 Å². The van der Waals surface area contributed by atoms with Gasteiger partial charge in [0.25, 0.3) is 0 Å². The first kappa shape index (κ1) is 16.2. The Morgan fingerprint density at radius 1 is 1.04 bits per heavy atom. The van der Waals surface area contributed by atoms with Gasteiger partial charge in [-0.05, 0) is 59.1 Å². The first-order valence-electron chi connectivity index (χ1n) is 7.31. The van der Waals surface area contributed by atoms with Crippen molar-refractivity contribution >= 4 is 16.8 Å². The van der Waals surface area contributed by atoms with Crippen LogP contribution in [0.5, 0.6) is 11.5 Å². The lowest BCUT2D eigenvalue weighted by molar-refractivity contribution is 0.478. The maximum atomic E-state index is 11.4. The number of ether oxygens (including phenoxy) is 1. The molecule has 1 aromatic heterocycles. The molecular weight excluding hydrogens is 324 g/mol. The van der Waals surface area contributed by atoms with E-state index in [1.54, 1.807) is 36.7 Å². The predicted octanol–water partition coefficient (Wildman–Crippen LogP) is 3.72. The van der Waals surface area contributed by atoms with Gasteiger partial charge < -0.3 is 14.6 Å². The molecule has 24 heavy (non-hydrogen) atoms. The standard InChI is InChI=1S/C18H16N2O3S/c21-24(22)18-9-8-16(23-17-7-4-10-19-13-17)11-14(18)12-20-15-5-2-1-3-6-15/h1-11,13,20H,12H2,(H,21,22)/p-1. The van der Waals surface area contributed by atoms with Gasteiger partial charge in [-0.2, -0.15) is 0 Å². The van der Waals surface area contributed by atoms with Crippen LogP contribution in [0.25, 0.3) is 0 Å². The van der Waals surface area contributed by atoms with E-state index in [2.05, 4.69) is 10.3 Å². The lowest BCUT2D eigenvalue weighted by Gasteiger charge is -2.15. The zero-order chi connectivity index (χ0) is 16.8. The molecule has 0 amide bonds. The number of benzene rings is 2. The summed E-state index contributed by atoms with van der Waals surface area (Å²) < 4.78 is 28.6. The summed E-state index contributed by atoms with van der Waals surface area (Å²) >= 11 is -2.31. The Bertz CT molecular complexity index is 826. The predicted molar refractivity (Wildman–Crippen MR) is 91.7 cm³/mol. The van der Waals surface area contributed by atoms with Gasteiger partial charge in [0.05, 0.1) is 6.20 Å². The molecule has 0 fully saturated rings. The summed E-state index contributed by atoms with van der Waals surface area (Å²) in [6.07, 6.45) is 3.26. The smallest absolute Gasteiger partial charge is 0.145 e. The van der Waals surface area contributed by atoms with Gasteiger partial charge in [0.15, 0.2) is 0 Å². The van der Waals surface area contributed by atoms with Gasteiger partial charge in [0.1, 0.15) is 11.5 Å². The van der Waals surface area contributed by atoms with Crippen molar-refractivity contribution in [2.75, 3.05) is 5.32 Å². The minimum atomic E-state index is -2.31. The van der Waals surface area contributed by atoms with E-state index in [0.29, 0.717) is 23.6 Å². The topological polar surface area (TPSA) is 74.3 Å². The van der Waals surface area contributed by atoms with Crippen molar-refractivity contribution in [1.29, 1.82) is 0 Å². The van der Waals surface area contributed by atoms with Crippen LogP contribution < -0.4 is 10.1 Å². The van der Waals surface area contributed by atoms with Gasteiger partial charge in [-0.3, -0.25) is 9.19 Å². The monoisotopic (exact) mass is 339 g/mol. The molecule has 122 valence electrons. The van der Waals surface area contributed by atoms with Crippen LogP contribution in [-0.2, 0) is 17.6 Å². The molecule has 1 N–H and O–H groups in total. The van der Waals surface area contributed by atoms with Gasteiger partial charge in [-0.15, -0.1) is 0 Å². The molecule has 1 atom stereocenters. The van der Waals surface area contributed by atoms with E-state index in [4.69, 9.17) is 4.74 Å². The number of aromatic nitrogens is 1. The van der Waals surface area contributed by atoms with Crippen molar-refractivity contribution in [1.82, 2.24) is 4.98 Å². The van der Waals surface area contributed by atoms with Crippen LogP contribution in [-0.4, -0.2) is 13.7 Å². The van der Waals surface area contributed by atoms with Crippen LogP contribution in [0.1, 0.15) is 5.56 Å². The molecule has 0 saturated heterocycles. The Morgan fingerprint density at radius 2 is 1.88 bits per heavy atom. The van der Waals surface area contributed by atoms with Gasteiger partial charge in [-0.1, -0.05) is 18.2 Å². The van der Waals surface area contributed by atoms with Crippen LogP contribution in [0, 0.1) is 0 Å². The number of hydrogen-bond donors (Lipinski definition) is 1. The molecule has 0 radical (unpaired) electrons. The minimum Gasteiger partial charge on any atom is -0.768 e. The fourth-order valence-electron chi connectivity index (χ4n) is 2.22. The highest BCUT2D eigenvalue weighted by Crippen LogP contribution is 2.25. The van der Waals surface area contributed by atoms with Gasteiger partial charge in [-0.25, -0.2) is 0 Å². The maximum absolute atomic E-state index is 11.4. The second-order valence-corrected chi connectivity index (χ2v) is 5.92. The van der Waals surface area contributed by atoms with Gasteiger partial charge in [0.2, 0.25) is 0 Å². The van der Waals surface area contributed by atoms with Crippen molar-refractivity contribution in [3.63, 3.8) is 0 Å². The summed E-state index contributed by atoms with van der Waals surface area (Å²) in [6.45, 7) is 0.373. The van der Waals surface area contributed by atoms with Crippen LogP contribution in [0.4, 0.5) is 5.69 Å². The highest BCUT2D eigenvalue weighted by atomic mass is 32.2. The van der Waals surface area contributed by atoms with Gasteiger partial charge in [0, 0.05) is 23.3 Å². The Balaban J connectivity index is 1.82. The molecule has 6 heteroatoms. The van der Waals surface area contributed by atoms with E-state index in [1.165, 1.54) is 6.07 Å². The molecule has 3 aromatic rings. The first-order chi connectivity index (χ1) is 11.7. The molecule has 5 nitrogen and oxygen atoms in total. The minimum absolute atomic E-state index is 0.247. The number of para-hydroxylation sites is 1. The molecule has 0 aliphatic carbocycles. The number of nitrogens with one attached hydrogen (secondary N) is 1. The number of rotatable bonds is 6. The summed E-state index contributed by atoms with van der Waals surface area (Å²) in [7, 11) is 0. The third kappa shape index (κ3) is 4.18. The number of hydrogen-bond acceptors (Lipinski definition) is 5. The quantitative estimate of drug-likeness (QED) is 0.693. The normalized spacial score (nSPS) is 11.7. The largest absolute Gasteiger partial charge is 0.768 e. The third-order valence-corrected chi connectivity index (χ3v) is 4.10. The molecule has 1 heterocycles. The molecule has 0 spiro atoms. The Kier molecular flexibility index (Phi) is 5.20. The second-order valence-electron chi connectivity index (χ2n) is 5.01. The Hall–Kier alpha value is -2.70. The maximum Gasteiger partial charge on any atom is 0.145 e. The number of nitrogens with zero attached hydrogens (tertiary/aromatic N) is 1. The van der Waals surface area contributed by atoms with E-state index in [0.717, 1.165) is 5.69 Å². The van der Waals surface area contributed by atoms with E-state index in [-0.39, 0.29) is 4.90 Å². The third-order valence-electron chi connectivity index (χ3n) is 3.34. The van der Waals surface area contributed by atoms with Crippen molar-refractivity contribution in [3.05, 3.63) is 78.6 Å². The Morgan fingerprint density at radius 3 is 2.58 bits per heavy atom. The second kappa shape index (κ2) is 7.72. The van der Waals surface area contributed by atoms with E-state index in [1.807, 2.05) is 30.3 Å². The molecule has 2 aromatic carbocycles. The fourth-order valence-corrected chi connectivity index (χ4v) is 2.74. The van der Waals surface area contributed by atoms with Crippen LogP contribution in [0.3, 0.4) is 0 Å². The number of anilines is 1. The molecule has 3 rings (SSSR count). The van der Waals surface area contributed by atoms with Crippen LogP contribution in [0.15, 0.2) is 78.0 Å². The highest BCUT2D eigenvalue weighted by Gasteiger charge is 2.07. The highest BCUT2D eigenvalue weighted by molar-refractivity contribution is 7.79. The van der Waals surface area contributed by atoms with E-state index >= 15 is 0 Å². The molecule has 0 aliphatic rings. The summed E-state index contributed by atoms with van der Waals surface area (Å²) in [5, 5.41) is 3.21. The van der Waals surface area contributed by atoms with Crippen molar-refractivity contribution in [2.45, 2.75) is 11.4 Å². The van der Waals surface area contributed by atoms with Crippen molar-refractivity contribution in [3.8, 4) is 11.5 Å². The molecule has 1 unspecified atom stereocenters. The van der Waals surface area contributed by atoms with Crippen LogP contribution >= 0.6 is 0 Å². The summed E-state index contributed by atoms with van der Waals surface area (Å²) in [5.41, 5.74) is 1.55. The summed E-state index contributed by atoms with van der Waals surface area (Å²) in [6, 6.07) is 18.0. The zero-order valence-electron chi connectivity index (χ0n) is 12.7. The van der Waals surface area contributed by atoms with Crippen LogP contribution in [0.2, 0.25) is 0 Å². The SMILES string of the molecule is O=S([O-])c1ccc(Oc2cccnc2)cc1CNc1ccccc1. The number of pyridine rings is 1. The van der Waals surface area contributed by atoms with E-state index in [9.17, 15) is 8.76 Å². The van der Waals surface area contributed by atoms with E-state index < -0.39 is 11.1 Å². The lowest BCUT2D eigenvalue weighted by atomic mass is 10.2. The van der Waals surface area contributed by atoms with Gasteiger partial charge >= 0.3 is 0 Å². The molecular formula is C18H15N2O3S-. The Labute approximate surface area is 142 Å². The van der Waals surface area contributed by atoms with Crippen molar-refractivity contribution in [2.24, 2.45) is 0 Å². The average Bonchev–Trinajstić information content (AvgIpc) is 2.61. The summed E-state index contributed by atoms with van der Waals surface area (Å²) in [5.74, 6) is 1.15. The average molecular weight is 339 g/mol. The molecule has 0 saturated carbocycles. The lowest BCUT2D eigenvalue weighted by Crippen LogP contribution is -2.04. The first-order valence-corrected chi connectivity index (χ1v) is 8.39. The zero-order valence-corrected chi connectivity index (χ0v) is 13.5.